The van der Waals surface area contributed by atoms with E-state index in [0.29, 0.717) is 42.8 Å². The summed E-state index contributed by atoms with van der Waals surface area (Å²) >= 11 is 0. The third-order valence-electron chi connectivity index (χ3n) is 5.24. The molecule has 152 valence electrons. The van der Waals surface area contributed by atoms with Gasteiger partial charge in [-0.25, -0.2) is 18.4 Å². The molecule has 2 aromatic heterocycles. The van der Waals surface area contributed by atoms with Crippen LogP contribution in [0.2, 0.25) is 0 Å². The highest BCUT2D eigenvalue weighted by atomic mass is 32.2. The minimum absolute atomic E-state index is 0.162. The van der Waals surface area contributed by atoms with E-state index in [-0.39, 0.29) is 10.8 Å². The summed E-state index contributed by atoms with van der Waals surface area (Å²) in [5, 5.41) is 0. The lowest BCUT2D eigenvalue weighted by molar-refractivity contribution is 0.0989. The van der Waals surface area contributed by atoms with Crippen LogP contribution >= 0.6 is 0 Å². The largest absolute Gasteiger partial charge is 0.341 e. The topological polar surface area (TPSA) is 99.3 Å². The predicted octanol–water partition coefficient (Wildman–Crippen LogP) is 2.50. The average Bonchev–Trinajstić information content (AvgIpc) is 3.29. The van der Waals surface area contributed by atoms with E-state index in [1.807, 2.05) is 20.8 Å². The van der Waals surface area contributed by atoms with E-state index in [1.54, 1.807) is 29.2 Å². The number of aromatic nitrogens is 3. The minimum atomic E-state index is -3.53. The lowest BCUT2D eigenvalue weighted by atomic mass is 10.1. The molecular weight excluding hydrogens is 390 g/mol. The van der Waals surface area contributed by atoms with E-state index in [4.69, 9.17) is 0 Å². The first-order valence-electron chi connectivity index (χ1n) is 9.62. The molecule has 9 heteroatoms. The molecular formula is C20H23N5O3S. The number of nitrogens with one attached hydrogen (secondary N) is 1. The van der Waals surface area contributed by atoms with Crippen molar-refractivity contribution in [1.29, 1.82) is 0 Å². The Morgan fingerprint density at radius 2 is 2.00 bits per heavy atom. The molecule has 1 aliphatic rings. The van der Waals surface area contributed by atoms with E-state index in [1.165, 1.54) is 10.5 Å². The number of imidazole rings is 1. The van der Waals surface area contributed by atoms with E-state index < -0.39 is 10.0 Å². The van der Waals surface area contributed by atoms with Crippen LogP contribution in [-0.4, -0.2) is 53.2 Å². The third-order valence-corrected chi connectivity index (χ3v) is 7.28. The number of H-pyrrole nitrogens is 1. The molecule has 0 radical (unpaired) electrons. The summed E-state index contributed by atoms with van der Waals surface area (Å²) in [6.07, 6.45) is 2.14. The van der Waals surface area contributed by atoms with Gasteiger partial charge in [0.2, 0.25) is 10.0 Å². The number of benzene rings is 1. The Kier molecular flexibility index (Phi) is 4.87. The van der Waals surface area contributed by atoms with Crippen LogP contribution in [0, 0.1) is 6.92 Å². The molecule has 0 bridgehead atoms. The first-order valence-corrected chi connectivity index (χ1v) is 11.1. The SMILES string of the molecule is CCN(CC)S(=O)(=O)c1ccc2c(c1)CCN2C(=O)c1cnc2nc(C)[nH]c2c1. The van der Waals surface area contributed by atoms with Crippen LogP contribution in [0.3, 0.4) is 0 Å². The van der Waals surface area contributed by atoms with Crippen LogP contribution in [0.4, 0.5) is 5.69 Å². The van der Waals surface area contributed by atoms with Crippen molar-refractivity contribution in [2.24, 2.45) is 0 Å². The zero-order valence-corrected chi connectivity index (χ0v) is 17.5. The molecule has 3 aromatic rings. The van der Waals surface area contributed by atoms with Gasteiger partial charge in [0.05, 0.1) is 16.0 Å². The summed E-state index contributed by atoms with van der Waals surface area (Å²) in [5.74, 6) is 0.579. The van der Waals surface area contributed by atoms with Crippen LogP contribution in [0.5, 0.6) is 0 Å². The lowest BCUT2D eigenvalue weighted by Crippen LogP contribution is -2.30. The second-order valence-electron chi connectivity index (χ2n) is 7.00. The molecule has 0 saturated heterocycles. The molecule has 8 nitrogen and oxygen atoms in total. The molecule has 1 amide bonds. The monoisotopic (exact) mass is 413 g/mol. The van der Waals surface area contributed by atoms with Gasteiger partial charge in [0.15, 0.2) is 5.65 Å². The fourth-order valence-corrected chi connectivity index (χ4v) is 5.26. The number of fused-ring (bicyclic) bond motifs is 2. The fraction of sp³-hybridized carbons (Fsp3) is 0.350. The number of aromatic amines is 1. The van der Waals surface area contributed by atoms with Crippen molar-refractivity contribution in [2.45, 2.75) is 32.1 Å². The van der Waals surface area contributed by atoms with Crippen LogP contribution in [0.25, 0.3) is 11.2 Å². The number of carbonyl (C=O) groups is 1. The van der Waals surface area contributed by atoms with Crippen molar-refractivity contribution >= 4 is 32.8 Å². The van der Waals surface area contributed by atoms with Gasteiger partial charge in [-0.05, 0) is 43.2 Å². The number of carbonyl (C=O) groups excluding carboxylic acids is 1. The van der Waals surface area contributed by atoms with Gasteiger partial charge in [0.25, 0.3) is 5.91 Å². The maximum atomic E-state index is 13.1. The molecule has 0 unspecified atom stereocenters. The van der Waals surface area contributed by atoms with Crippen molar-refractivity contribution in [1.82, 2.24) is 19.3 Å². The van der Waals surface area contributed by atoms with Gasteiger partial charge in [-0.15, -0.1) is 0 Å². The van der Waals surface area contributed by atoms with E-state index in [0.717, 1.165) is 17.1 Å². The molecule has 0 saturated carbocycles. The predicted molar refractivity (Wildman–Crippen MR) is 111 cm³/mol. The number of rotatable bonds is 5. The number of hydrogen-bond acceptors (Lipinski definition) is 5. The van der Waals surface area contributed by atoms with Crippen molar-refractivity contribution in [3.63, 3.8) is 0 Å². The van der Waals surface area contributed by atoms with Crippen LogP contribution < -0.4 is 4.90 Å². The van der Waals surface area contributed by atoms with E-state index in [9.17, 15) is 13.2 Å². The number of nitrogens with zero attached hydrogens (tertiary/aromatic N) is 4. The highest BCUT2D eigenvalue weighted by molar-refractivity contribution is 7.89. The second kappa shape index (κ2) is 7.23. The Morgan fingerprint density at radius 1 is 1.24 bits per heavy atom. The zero-order valence-electron chi connectivity index (χ0n) is 16.6. The van der Waals surface area contributed by atoms with Crippen LogP contribution in [-0.2, 0) is 16.4 Å². The van der Waals surface area contributed by atoms with Gasteiger partial charge in [0.1, 0.15) is 5.82 Å². The van der Waals surface area contributed by atoms with E-state index >= 15 is 0 Å². The van der Waals surface area contributed by atoms with Gasteiger partial charge in [-0.1, -0.05) is 13.8 Å². The van der Waals surface area contributed by atoms with Crippen molar-refractivity contribution < 1.29 is 13.2 Å². The highest BCUT2D eigenvalue weighted by Gasteiger charge is 2.29. The number of anilines is 1. The van der Waals surface area contributed by atoms with Gasteiger partial charge >= 0.3 is 0 Å². The van der Waals surface area contributed by atoms with Crippen molar-refractivity contribution in [3.05, 3.63) is 47.4 Å². The summed E-state index contributed by atoms with van der Waals surface area (Å²) in [6.45, 7) is 6.82. The molecule has 0 fully saturated rings. The molecule has 0 atom stereocenters. The standard InChI is InChI=1S/C20H23N5O3S/c1-4-24(5-2)29(27,28)16-6-7-18-14(10-16)8-9-25(18)20(26)15-11-17-19(21-12-15)23-13(3)22-17/h6-7,10-12H,4-5,8-9H2,1-3H3,(H,21,22,23). The number of pyridine rings is 1. The molecule has 0 aliphatic carbocycles. The van der Waals surface area contributed by atoms with Gasteiger partial charge in [0, 0.05) is 31.5 Å². The molecule has 1 N–H and O–H groups in total. The smallest absolute Gasteiger partial charge is 0.259 e. The fourth-order valence-electron chi connectivity index (χ4n) is 3.76. The summed E-state index contributed by atoms with van der Waals surface area (Å²) in [5.41, 5.74) is 3.36. The number of hydrogen-bond donors (Lipinski definition) is 1. The van der Waals surface area contributed by atoms with Crippen LogP contribution in [0.15, 0.2) is 35.4 Å². The maximum Gasteiger partial charge on any atom is 0.259 e. The molecule has 1 aromatic carbocycles. The summed E-state index contributed by atoms with van der Waals surface area (Å²) in [6, 6.07) is 6.75. The Labute approximate surface area is 169 Å². The molecule has 0 spiro atoms. The van der Waals surface area contributed by atoms with Gasteiger partial charge in [-0.2, -0.15) is 4.31 Å². The summed E-state index contributed by atoms with van der Waals surface area (Å²) in [4.78, 5) is 26.6. The molecule has 4 rings (SSSR count). The minimum Gasteiger partial charge on any atom is -0.341 e. The van der Waals surface area contributed by atoms with Gasteiger partial charge < -0.3 is 9.88 Å². The first kappa shape index (κ1) is 19.5. The third kappa shape index (κ3) is 3.30. The lowest BCUT2D eigenvalue weighted by Gasteiger charge is -2.20. The Hall–Kier alpha value is -2.78. The number of aryl methyl sites for hydroxylation is 1. The Morgan fingerprint density at radius 3 is 2.72 bits per heavy atom. The van der Waals surface area contributed by atoms with Gasteiger partial charge in [-0.3, -0.25) is 4.79 Å². The number of amides is 1. The van der Waals surface area contributed by atoms with Crippen molar-refractivity contribution in [3.8, 4) is 0 Å². The molecule has 1 aliphatic heterocycles. The Balaban J connectivity index is 1.65. The summed E-state index contributed by atoms with van der Waals surface area (Å²) < 4.78 is 27.0. The number of sulfonamides is 1. The normalized spacial score (nSPS) is 14.0. The maximum absolute atomic E-state index is 13.1. The van der Waals surface area contributed by atoms with E-state index in [2.05, 4.69) is 15.0 Å². The molecule has 29 heavy (non-hydrogen) atoms. The second-order valence-corrected chi connectivity index (χ2v) is 8.94. The van der Waals surface area contributed by atoms with Crippen LogP contribution in [0.1, 0.15) is 35.6 Å². The zero-order chi connectivity index (χ0) is 20.8. The Bertz CT molecular complexity index is 1200. The first-order chi connectivity index (χ1) is 13.8. The molecule has 3 heterocycles. The highest BCUT2D eigenvalue weighted by Crippen LogP contribution is 2.32. The van der Waals surface area contributed by atoms with Crippen molar-refractivity contribution in [2.75, 3.05) is 24.5 Å². The average molecular weight is 414 g/mol. The summed E-state index contributed by atoms with van der Waals surface area (Å²) in [7, 11) is -3.53. The quantitative estimate of drug-likeness (QED) is 0.693.